The number of hydrogen-bond acceptors (Lipinski definition) is 17. The van der Waals surface area contributed by atoms with Gasteiger partial charge in [0.2, 0.25) is 29.4 Å². The SMILES string of the molecule is COc1ccc(CC[C@H]2OC(=O)[C@@H]3CN(C)CCN3C(=O)C(=O)C(C)(C)COC(=O)C=CCCNCCCN(C)C(=O)[C@@H](Cc3ccccc3)NC(=O)CN(C)C(=O)[C@@H](Cc3ccccc3)NC(=O)[C@H](Cc3ccc(O)cc3)N(C)C(=O)COc3cccc2c3)cc1OC. The lowest BCUT2D eigenvalue weighted by Crippen LogP contribution is -2.60. The van der Waals surface area contributed by atoms with Crippen LogP contribution < -0.4 is 30.2 Å². The second-order valence-corrected chi connectivity index (χ2v) is 24.3. The van der Waals surface area contributed by atoms with Crippen molar-refractivity contribution < 1.29 is 71.9 Å². The van der Waals surface area contributed by atoms with Gasteiger partial charge in [0, 0.05) is 72.7 Å². The van der Waals surface area contributed by atoms with Crippen molar-refractivity contribution in [3.63, 3.8) is 0 Å². The van der Waals surface area contributed by atoms with Crippen LogP contribution in [-0.2, 0) is 78.3 Å². The number of nitrogens with one attached hydrogen (secondary N) is 3. The Balaban J connectivity index is 1.19. The Labute approximate surface area is 549 Å². The average Bonchev–Trinajstić information content (AvgIpc) is 0.841. The molecule has 0 aliphatic carbocycles. The van der Waals surface area contributed by atoms with Crippen LogP contribution in [0.15, 0.2) is 140 Å². The smallest absolute Gasteiger partial charge is 0.330 e. The van der Waals surface area contributed by atoms with Crippen LogP contribution >= 0.6 is 0 Å². The molecule has 5 aromatic rings. The summed E-state index contributed by atoms with van der Waals surface area (Å²) in [5.74, 6) is -5.12. The molecule has 2 aliphatic heterocycles. The number of hydrogen-bond donors (Lipinski definition) is 4. The third kappa shape index (κ3) is 21.0. The molecule has 2 heterocycles. The third-order valence-corrected chi connectivity index (χ3v) is 16.6. The van der Waals surface area contributed by atoms with E-state index in [1.807, 2.05) is 47.4 Å². The molecule has 1 fully saturated rings. The first-order valence-corrected chi connectivity index (χ1v) is 31.5. The minimum absolute atomic E-state index is 0.00276. The second-order valence-electron chi connectivity index (χ2n) is 24.3. The van der Waals surface area contributed by atoms with E-state index < -0.39 is 103 Å². The number of carbonyl (C=O) groups is 9. The average molecular weight is 1290 g/mol. The Bertz CT molecular complexity index is 3440. The van der Waals surface area contributed by atoms with Crippen LogP contribution in [0.25, 0.3) is 0 Å². The number of esters is 2. The number of benzene rings is 5. The van der Waals surface area contributed by atoms with Crippen molar-refractivity contribution in [2.24, 2.45) is 5.41 Å². The lowest BCUT2D eigenvalue weighted by atomic mass is 9.87. The molecule has 1 saturated heterocycles. The number of rotatable bonds is 11. The number of cyclic esters (lactones) is 2. The minimum Gasteiger partial charge on any atom is -0.508 e. The summed E-state index contributed by atoms with van der Waals surface area (Å²) in [5.41, 5.74) is 1.83. The number of fused-ring (bicyclic) bond motifs is 3. The number of piperazine rings is 1. The van der Waals surface area contributed by atoms with E-state index in [-0.39, 0.29) is 56.2 Å². The summed E-state index contributed by atoms with van der Waals surface area (Å²) in [5, 5.41) is 19.2. The van der Waals surface area contributed by atoms with Crippen molar-refractivity contribution in [3.05, 3.63) is 167 Å². The van der Waals surface area contributed by atoms with Gasteiger partial charge in [0.15, 0.2) is 18.1 Å². The molecule has 2 bridgehead atoms. The van der Waals surface area contributed by atoms with Crippen LogP contribution in [0.4, 0.5) is 0 Å². The van der Waals surface area contributed by atoms with Gasteiger partial charge in [-0.05, 0) is 124 Å². The van der Waals surface area contributed by atoms with Crippen LogP contribution in [0.3, 0.4) is 0 Å². The molecule has 6 amide bonds. The molecule has 0 unspecified atom stereocenters. The van der Waals surface area contributed by atoms with Gasteiger partial charge in [0.05, 0.1) is 26.2 Å². The standard InChI is InChI=1S/C71H88N8O15/c1-71(2)47-93-64(83)25-15-16-34-72-35-18-36-76(4)67(86)55(39-48-19-11-9-12-20-48)73-62(81)45-77(5)68(87)56(40-49-21-13-10-14-22-49)74-66(85)57(41-50-26-30-53(80)31-27-50)78(6)63(82)46-92-54-24-17-23-52(43-54)59(32-28-51-29-33-60(90-7)61(42-51)91-8)94-70(89)58-44-75(3)37-38-79(58)69(88)65(71)84/h9-15,17,19-27,29-31,33,42-43,55-59,72,80H,16,18,28,32,34-41,44-47H2,1-8H3,(H,73,81)(H,74,85)/t55-,56-,57+,58+,59-/m1/s1. The number of phenols is 1. The van der Waals surface area contributed by atoms with E-state index in [4.69, 9.17) is 23.7 Å². The molecule has 5 aromatic carbocycles. The number of amides is 6. The minimum atomic E-state index is -1.49. The predicted molar refractivity (Wildman–Crippen MR) is 350 cm³/mol. The van der Waals surface area contributed by atoms with Crippen LogP contribution in [-0.4, -0.2) is 208 Å². The summed E-state index contributed by atoms with van der Waals surface area (Å²) < 4.78 is 29.1. The van der Waals surface area contributed by atoms with Gasteiger partial charge in [0.25, 0.3) is 11.8 Å². The van der Waals surface area contributed by atoms with Crippen LogP contribution in [0.5, 0.6) is 23.0 Å². The Morgan fingerprint density at radius 3 is 1.96 bits per heavy atom. The first kappa shape index (κ1) is 71.8. The van der Waals surface area contributed by atoms with Crippen molar-refractivity contribution >= 4 is 53.2 Å². The van der Waals surface area contributed by atoms with Gasteiger partial charge in [-0.15, -0.1) is 0 Å². The Hall–Kier alpha value is -9.61. The molecule has 2 aliphatic rings. The first-order valence-electron chi connectivity index (χ1n) is 31.5. The van der Waals surface area contributed by atoms with E-state index >= 15 is 0 Å². The van der Waals surface area contributed by atoms with E-state index in [1.165, 1.54) is 80.0 Å². The van der Waals surface area contributed by atoms with E-state index in [0.29, 0.717) is 73.6 Å². The predicted octanol–water partition coefficient (Wildman–Crippen LogP) is 4.67. The van der Waals surface area contributed by atoms with E-state index in [0.717, 1.165) is 11.1 Å². The topological polar surface area (TPSA) is 272 Å². The summed E-state index contributed by atoms with van der Waals surface area (Å²) in [7, 11) is 9.32. The van der Waals surface area contributed by atoms with Crippen LogP contribution in [0, 0.1) is 5.41 Å². The summed E-state index contributed by atoms with van der Waals surface area (Å²) in [4.78, 5) is 135. The molecule has 23 nitrogen and oxygen atoms in total. The summed E-state index contributed by atoms with van der Waals surface area (Å²) in [6, 6.07) is 31.5. The molecule has 5 atom stereocenters. The van der Waals surface area contributed by atoms with Crippen molar-refractivity contribution in [2.75, 3.05) is 101 Å². The van der Waals surface area contributed by atoms with E-state index in [1.54, 1.807) is 93.0 Å². The molecular weight excluding hydrogens is 1200 g/mol. The monoisotopic (exact) mass is 1290 g/mol. The number of likely N-dealkylation sites (N-methyl/N-ethyl adjacent to an activating group) is 4. The van der Waals surface area contributed by atoms with Gasteiger partial charge < -0.3 is 69.2 Å². The van der Waals surface area contributed by atoms with Gasteiger partial charge >= 0.3 is 11.9 Å². The van der Waals surface area contributed by atoms with Crippen molar-refractivity contribution in [1.29, 1.82) is 0 Å². The zero-order chi connectivity index (χ0) is 67.9. The summed E-state index contributed by atoms with van der Waals surface area (Å²) >= 11 is 0. The molecule has 7 rings (SSSR count). The highest BCUT2D eigenvalue weighted by molar-refractivity contribution is 6.38. The highest BCUT2D eigenvalue weighted by atomic mass is 16.5. The van der Waals surface area contributed by atoms with Crippen molar-refractivity contribution in [3.8, 4) is 23.0 Å². The number of nitrogens with zero attached hydrogens (tertiary/aromatic N) is 5. The van der Waals surface area contributed by atoms with Gasteiger partial charge in [-0.25, -0.2) is 9.59 Å². The highest BCUT2D eigenvalue weighted by Gasteiger charge is 2.44. The quantitative estimate of drug-likeness (QED) is 0.103. The molecule has 0 aromatic heterocycles. The first-order chi connectivity index (χ1) is 45.0. The van der Waals surface area contributed by atoms with Crippen molar-refractivity contribution in [1.82, 2.24) is 40.4 Å². The zero-order valence-electron chi connectivity index (χ0n) is 54.9. The summed E-state index contributed by atoms with van der Waals surface area (Å²) in [6.45, 7) is 3.17. The number of ether oxygens (including phenoxy) is 5. The Morgan fingerprint density at radius 2 is 1.29 bits per heavy atom. The lowest BCUT2D eigenvalue weighted by molar-refractivity contribution is -0.166. The lowest BCUT2D eigenvalue weighted by Gasteiger charge is -2.39. The molecule has 0 saturated carbocycles. The maximum Gasteiger partial charge on any atom is 0.330 e. The molecule has 94 heavy (non-hydrogen) atoms. The maximum atomic E-state index is 14.9. The number of phenolic OH excluding ortho intramolecular Hbond substituents is 1. The van der Waals surface area contributed by atoms with Crippen LogP contribution in [0.1, 0.15) is 67.0 Å². The Kier molecular flexibility index (Phi) is 26.7. The molecule has 502 valence electrons. The molecular formula is C71H88N8O15. The van der Waals surface area contributed by atoms with E-state index in [2.05, 4.69) is 16.0 Å². The number of carbonyl (C=O) groups excluding carboxylic acids is 9. The molecule has 23 heteroatoms. The zero-order valence-corrected chi connectivity index (χ0v) is 54.9. The number of aryl methyl sites for hydroxylation is 1. The number of aromatic hydroxyl groups is 1. The number of Topliss-reactive ketones (excluding diaryl/α,β-unsaturated/α-hetero) is 1. The van der Waals surface area contributed by atoms with E-state index in [9.17, 15) is 48.3 Å². The fraction of sp³-hybridized carbons (Fsp3) is 0.423. The number of methoxy groups -OCH3 is 2. The number of ketones is 1. The second kappa shape index (κ2) is 34.9. The fourth-order valence-electron chi connectivity index (χ4n) is 11.0. The van der Waals surface area contributed by atoms with Gasteiger partial charge in [-0.2, -0.15) is 0 Å². The van der Waals surface area contributed by atoms with Gasteiger partial charge in [0.1, 0.15) is 48.4 Å². The Morgan fingerprint density at radius 1 is 0.649 bits per heavy atom. The molecule has 4 N–H and O–H groups in total. The third-order valence-electron chi connectivity index (χ3n) is 16.6. The highest BCUT2D eigenvalue weighted by Crippen LogP contribution is 2.32. The van der Waals surface area contributed by atoms with Gasteiger partial charge in [-0.1, -0.05) is 97.1 Å². The largest absolute Gasteiger partial charge is 0.508 e. The normalized spacial score (nSPS) is 21.4. The van der Waals surface area contributed by atoms with Crippen molar-refractivity contribution in [2.45, 2.75) is 89.1 Å². The summed E-state index contributed by atoms with van der Waals surface area (Å²) in [6.07, 6.45) is 3.47. The van der Waals surface area contributed by atoms with Crippen LogP contribution in [0.2, 0.25) is 0 Å². The maximum absolute atomic E-state index is 14.9. The fourth-order valence-corrected chi connectivity index (χ4v) is 11.0. The molecule has 0 spiro atoms. The van der Waals surface area contributed by atoms with Gasteiger partial charge in [-0.3, -0.25) is 33.6 Å². The molecule has 0 radical (unpaired) electrons.